The third kappa shape index (κ3) is 3.41. The number of benzene rings is 1. The van der Waals surface area contributed by atoms with Crippen LogP contribution in [0.25, 0.3) is 11.1 Å². The summed E-state index contributed by atoms with van der Waals surface area (Å²) in [6, 6.07) is 7.71. The van der Waals surface area contributed by atoms with Gasteiger partial charge in [0.1, 0.15) is 0 Å². The summed E-state index contributed by atoms with van der Waals surface area (Å²) in [5, 5.41) is 4.91. The van der Waals surface area contributed by atoms with Crippen molar-refractivity contribution in [2.45, 2.75) is 44.9 Å². The molecule has 1 aliphatic carbocycles. The second-order valence-corrected chi connectivity index (χ2v) is 6.38. The maximum absolute atomic E-state index is 6.09. The van der Waals surface area contributed by atoms with E-state index in [1.54, 1.807) is 0 Å². The SMILES string of the molecule is Nc1onc(CC2CCCCCC2)c1-c1cccc(Cl)c1. The van der Waals surface area contributed by atoms with Crippen LogP contribution in [0.5, 0.6) is 0 Å². The molecule has 0 aliphatic heterocycles. The second-order valence-electron chi connectivity index (χ2n) is 5.94. The van der Waals surface area contributed by atoms with E-state index in [4.69, 9.17) is 21.9 Å². The van der Waals surface area contributed by atoms with Crippen molar-refractivity contribution in [3.8, 4) is 11.1 Å². The standard InChI is InChI=1S/C17H21ClN2O/c18-14-9-5-8-13(11-14)16-15(20-21-17(16)19)10-12-6-3-1-2-4-7-12/h5,8-9,11-12H,1-4,6-7,10,19H2. The molecule has 0 atom stereocenters. The van der Waals surface area contributed by atoms with Gasteiger partial charge in [0.25, 0.3) is 0 Å². The summed E-state index contributed by atoms with van der Waals surface area (Å²) >= 11 is 6.09. The predicted octanol–water partition coefficient (Wildman–Crippen LogP) is 5.09. The number of nitrogens with zero attached hydrogens (tertiary/aromatic N) is 1. The largest absolute Gasteiger partial charge is 0.367 e. The molecule has 4 heteroatoms. The van der Waals surface area contributed by atoms with Gasteiger partial charge in [0.05, 0.1) is 11.3 Å². The third-order valence-corrected chi connectivity index (χ3v) is 4.59. The van der Waals surface area contributed by atoms with Crippen molar-refractivity contribution in [2.24, 2.45) is 5.92 Å². The first-order valence-corrected chi connectivity index (χ1v) is 8.12. The fraction of sp³-hybridized carbons (Fsp3) is 0.471. The number of halogens is 1. The average molecular weight is 305 g/mol. The van der Waals surface area contributed by atoms with Crippen LogP contribution in [0.1, 0.15) is 44.2 Å². The van der Waals surface area contributed by atoms with Crippen LogP contribution in [0.3, 0.4) is 0 Å². The molecule has 0 radical (unpaired) electrons. The van der Waals surface area contributed by atoms with Crippen molar-refractivity contribution in [2.75, 3.05) is 5.73 Å². The zero-order valence-electron chi connectivity index (χ0n) is 12.1. The molecule has 1 fully saturated rings. The molecule has 1 aliphatic rings. The topological polar surface area (TPSA) is 52.0 Å². The minimum atomic E-state index is 0.390. The lowest BCUT2D eigenvalue weighted by molar-refractivity contribution is 0.403. The van der Waals surface area contributed by atoms with Gasteiger partial charge in [-0.2, -0.15) is 0 Å². The van der Waals surface area contributed by atoms with Gasteiger partial charge in [-0.15, -0.1) is 0 Å². The Bertz CT molecular complexity index is 601. The maximum Gasteiger partial charge on any atom is 0.230 e. The first-order valence-electron chi connectivity index (χ1n) is 7.74. The molecule has 21 heavy (non-hydrogen) atoms. The Kier molecular flexibility index (Phi) is 4.49. The summed E-state index contributed by atoms with van der Waals surface area (Å²) in [6.45, 7) is 0. The molecule has 2 N–H and O–H groups in total. The van der Waals surface area contributed by atoms with E-state index >= 15 is 0 Å². The zero-order valence-corrected chi connectivity index (χ0v) is 12.9. The van der Waals surface area contributed by atoms with E-state index in [0.717, 1.165) is 23.2 Å². The van der Waals surface area contributed by atoms with Gasteiger partial charge in [0, 0.05) is 5.02 Å². The quantitative estimate of drug-likeness (QED) is 0.803. The predicted molar refractivity (Wildman–Crippen MR) is 86.3 cm³/mol. The van der Waals surface area contributed by atoms with E-state index in [0.29, 0.717) is 16.8 Å². The van der Waals surface area contributed by atoms with Crippen LogP contribution in [0.2, 0.25) is 5.02 Å². The number of hydrogen-bond acceptors (Lipinski definition) is 3. The molecule has 2 aromatic rings. The van der Waals surface area contributed by atoms with Gasteiger partial charge in [-0.3, -0.25) is 0 Å². The summed E-state index contributed by atoms with van der Waals surface area (Å²) in [7, 11) is 0. The Morgan fingerprint density at radius 2 is 1.95 bits per heavy atom. The number of anilines is 1. The van der Waals surface area contributed by atoms with E-state index in [9.17, 15) is 0 Å². The van der Waals surface area contributed by atoms with E-state index in [1.165, 1.54) is 38.5 Å². The Balaban J connectivity index is 1.86. The normalized spacial score (nSPS) is 16.8. The van der Waals surface area contributed by atoms with Crippen molar-refractivity contribution < 1.29 is 4.52 Å². The molecule has 3 nitrogen and oxygen atoms in total. The van der Waals surface area contributed by atoms with Crippen LogP contribution in [0, 0.1) is 5.92 Å². The highest BCUT2D eigenvalue weighted by atomic mass is 35.5. The number of aromatic nitrogens is 1. The first kappa shape index (κ1) is 14.5. The van der Waals surface area contributed by atoms with Gasteiger partial charge < -0.3 is 10.3 Å². The Morgan fingerprint density at radius 1 is 1.19 bits per heavy atom. The molecule has 3 rings (SSSR count). The Hall–Kier alpha value is -1.48. The van der Waals surface area contributed by atoms with Crippen LogP contribution in [-0.4, -0.2) is 5.16 Å². The highest BCUT2D eigenvalue weighted by Crippen LogP contribution is 2.34. The lowest BCUT2D eigenvalue weighted by Crippen LogP contribution is -2.04. The van der Waals surface area contributed by atoms with Gasteiger partial charge in [0.15, 0.2) is 0 Å². The van der Waals surface area contributed by atoms with E-state index in [-0.39, 0.29) is 0 Å². The van der Waals surface area contributed by atoms with E-state index in [2.05, 4.69) is 5.16 Å². The van der Waals surface area contributed by atoms with Crippen molar-refractivity contribution in [3.05, 3.63) is 35.0 Å². The average Bonchev–Trinajstić information content (AvgIpc) is 2.67. The van der Waals surface area contributed by atoms with Crippen LogP contribution in [0.4, 0.5) is 5.88 Å². The lowest BCUT2D eigenvalue weighted by atomic mass is 9.92. The molecular formula is C17H21ClN2O. The molecule has 0 unspecified atom stereocenters. The number of nitrogens with two attached hydrogens (primary N) is 1. The maximum atomic E-state index is 6.09. The molecule has 112 valence electrons. The smallest absolute Gasteiger partial charge is 0.230 e. The summed E-state index contributed by atoms with van der Waals surface area (Å²) in [5.41, 5.74) is 8.87. The van der Waals surface area contributed by atoms with Gasteiger partial charge in [-0.05, 0) is 30.0 Å². The molecule has 0 saturated heterocycles. The molecule has 0 amide bonds. The molecule has 1 aromatic heterocycles. The summed E-state index contributed by atoms with van der Waals surface area (Å²) in [6.07, 6.45) is 8.87. The summed E-state index contributed by atoms with van der Waals surface area (Å²) < 4.78 is 5.25. The zero-order chi connectivity index (χ0) is 14.7. The van der Waals surface area contributed by atoms with Crippen molar-refractivity contribution in [1.82, 2.24) is 5.16 Å². The fourth-order valence-corrected chi connectivity index (χ4v) is 3.46. The van der Waals surface area contributed by atoms with Crippen molar-refractivity contribution in [1.29, 1.82) is 0 Å². The second kappa shape index (κ2) is 6.52. The Labute approximate surface area is 130 Å². The lowest BCUT2D eigenvalue weighted by Gasteiger charge is -2.12. The number of hydrogen-bond donors (Lipinski definition) is 1. The van der Waals surface area contributed by atoms with Crippen LogP contribution in [-0.2, 0) is 6.42 Å². The number of nitrogen functional groups attached to an aromatic ring is 1. The van der Waals surface area contributed by atoms with Crippen molar-refractivity contribution >= 4 is 17.5 Å². The number of rotatable bonds is 3. The summed E-state index contributed by atoms with van der Waals surface area (Å²) in [5.74, 6) is 1.08. The first-order chi connectivity index (χ1) is 10.2. The highest BCUT2D eigenvalue weighted by Gasteiger charge is 2.20. The van der Waals surface area contributed by atoms with Gasteiger partial charge in [-0.1, -0.05) is 67.4 Å². The van der Waals surface area contributed by atoms with Crippen molar-refractivity contribution in [3.63, 3.8) is 0 Å². The molecule has 0 spiro atoms. The minimum Gasteiger partial charge on any atom is -0.367 e. The third-order valence-electron chi connectivity index (χ3n) is 4.36. The van der Waals surface area contributed by atoms with Crippen LogP contribution >= 0.6 is 11.6 Å². The van der Waals surface area contributed by atoms with Gasteiger partial charge in [-0.25, -0.2) is 0 Å². The highest BCUT2D eigenvalue weighted by molar-refractivity contribution is 6.30. The monoisotopic (exact) mass is 304 g/mol. The molecular weight excluding hydrogens is 284 g/mol. The summed E-state index contributed by atoms with van der Waals surface area (Å²) in [4.78, 5) is 0. The van der Waals surface area contributed by atoms with E-state index in [1.807, 2.05) is 24.3 Å². The fourth-order valence-electron chi connectivity index (χ4n) is 3.27. The Morgan fingerprint density at radius 3 is 2.67 bits per heavy atom. The van der Waals surface area contributed by atoms with Gasteiger partial charge in [0.2, 0.25) is 5.88 Å². The minimum absolute atomic E-state index is 0.390. The molecule has 1 saturated carbocycles. The van der Waals surface area contributed by atoms with E-state index < -0.39 is 0 Å². The van der Waals surface area contributed by atoms with Gasteiger partial charge >= 0.3 is 0 Å². The molecule has 0 bridgehead atoms. The molecule has 1 heterocycles. The molecule has 1 aromatic carbocycles. The van der Waals surface area contributed by atoms with Crippen LogP contribution in [0.15, 0.2) is 28.8 Å². The van der Waals surface area contributed by atoms with Crippen LogP contribution < -0.4 is 5.73 Å².